The maximum Gasteiger partial charge on any atom is 0.220 e. The van der Waals surface area contributed by atoms with Gasteiger partial charge in [0.15, 0.2) is 6.29 Å². The number of unbranched alkanes of at least 4 members (excludes halogenated alkanes) is 32. The van der Waals surface area contributed by atoms with Crippen molar-refractivity contribution >= 4 is 5.91 Å². The highest BCUT2D eigenvalue weighted by Gasteiger charge is 2.44. The summed E-state index contributed by atoms with van der Waals surface area (Å²) in [6.07, 6.45) is 85.7. The molecule has 484 valence electrons. The van der Waals surface area contributed by atoms with E-state index in [9.17, 15) is 30.3 Å². The van der Waals surface area contributed by atoms with E-state index in [-0.39, 0.29) is 12.5 Å². The van der Waals surface area contributed by atoms with Crippen molar-refractivity contribution in [2.45, 2.75) is 346 Å². The number of aliphatic hydroxyl groups excluding tert-OH is 5. The Morgan fingerprint density at radius 1 is 0.417 bits per heavy atom. The highest BCUT2D eigenvalue weighted by Crippen LogP contribution is 2.23. The van der Waals surface area contributed by atoms with E-state index in [1.165, 1.54) is 161 Å². The van der Waals surface area contributed by atoms with Crippen LogP contribution in [0.15, 0.2) is 109 Å². The van der Waals surface area contributed by atoms with Crippen molar-refractivity contribution in [3.63, 3.8) is 0 Å². The minimum absolute atomic E-state index is 0.152. The van der Waals surface area contributed by atoms with Gasteiger partial charge in [0.25, 0.3) is 0 Å². The number of nitrogens with one attached hydrogen (secondary N) is 1. The smallest absolute Gasteiger partial charge is 0.220 e. The summed E-state index contributed by atoms with van der Waals surface area (Å²) in [6, 6.07) is -0.740. The Hall–Kier alpha value is -3.15. The van der Waals surface area contributed by atoms with Crippen LogP contribution in [0, 0.1) is 0 Å². The summed E-state index contributed by atoms with van der Waals surface area (Å²) in [5, 5.41) is 54.9. The molecule has 7 atom stereocenters. The molecule has 1 heterocycles. The number of hydrogen-bond acceptors (Lipinski definition) is 8. The molecule has 1 saturated heterocycles. The van der Waals surface area contributed by atoms with Crippen molar-refractivity contribution in [2.75, 3.05) is 13.2 Å². The molecule has 9 nitrogen and oxygen atoms in total. The summed E-state index contributed by atoms with van der Waals surface area (Å²) in [4.78, 5) is 13.1. The van der Waals surface area contributed by atoms with E-state index >= 15 is 0 Å². The van der Waals surface area contributed by atoms with Crippen LogP contribution >= 0.6 is 0 Å². The average molecular weight is 1170 g/mol. The van der Waals surface area contributed by atoms with E-state index in [0.717, 1.165) is 116 Å². The van der Waals surface area contributed by atoms with Crippen LogP contribution in [0.4, 0.5) is 0 Å². The van der Waals surface area contributed by atoms with Crippen molar-refractivity contribution in [1.82, 2.24) is 5.32 Å². The Balaban J connectivity index is 2.17. The van der Waals surface area contributed by atoms with Crippen molar-refractivity contribution in [2.24, 2.45) is 0 Å². The fraction of sp³-hybridized carbons (Fsp3) is 0.747. The molecule has 0 aromatic rings. The SMILES string of the molecule is CC/C=C\C/C=C\C/C=C\C/C=C\C/C=C\C/C=C\C/C=C\C/C=C\C/C=C\CCCCCCCC(=O)NC(COC1OC(CO)C(O)C(O)C1O)C(O)CCCCCCCCCCCCCCCCCCCCCCCCCCCCCC. The number of ether oxygens (including phenoxy) is 2. The van der Waals surface area contributed by atoms with Gasteiger partial charge in [0.05, 0.1) is 25.4 Å². The lowest BCUT2D eigenvalue weighted by molar-refractivity contribution is -0.302. The fourth-order valence-corrected chi connectivity index (χ4v) is 10.7. The van der Waals surface area contributed by atoms with E-state index in [4.69, 9.17) is 9.47 Å². The zero-order chi connectivity index (χ0) is 60.7. The molecule has 1 aliphatic rings. The van der Waals surface area contributed by atoms with Crippen LogP contribution in [0.25, 0.3) is 0 Å². The van der Waals surface area contributed by atoms with Crippen LogP contribution in [-0.2, 0) is 14.3 Å². The molecule has 0 spiro atoms. The first-order valence-electron chi connectivity index (χ1n) is 35.1. The molecule has 0 bridgehead atoms. The Kier molecular flexibility index (Phi) is 59.0. The predicted octanol–water partition coefficient (Wildman–Crippen LogP) is 19.2. The molecule has 1 amide bonds. The van der Waals surface area contributed by atoms with E-state index in [1.54, 1.807) is 0 Å². The number of aliphatic hydroxyl groups is 5. The number of allylic oxidation sites excluding steroid dienone is 18. The summed E-state index contributed by atoms with van der Waals surface area (Å²) < 4.78 is 11.4. The van der Waals surface area contributed by atoms with E-state index < -0.39 is 49.5 Å². The first-order valence-corrected chi connectivity index (χ1v) is 35.1. The number of rotatable bonds is 60. The van der Waals surface area contributed by atoms with Gasteiger partial charge in [-0.1, -0.05) is 322 Å². The van der Waals surface area contributed by atoms with Crippen LogP contribution in [0.2, 0.25) is 0 Å². The summed E-state index contributed by atoms with van der Waals surface area (Å²) in [5.74, 6) is -0.164. The minimum atomic E-state index is -1.57. The minimum Gasteiger partial charge on any atom is -0.394 e. The molecule has 0 aliphatic carbocycles. The highest BCUT2D eigenvalue weighted by atomic mass is 16.7. The Morgan fingerprint density at radius 2 is 0.738 bits per heavy atom. The molecule has 84 heavy (non-hydrogen) atoms. The first kappa shape index (κ1) is 78.9. The van der Waals surface area contributed by atoms with Crippen LogP contribution in [0.5, 0.6) is 0 Å². The molecular formula is C75H131NO8. The molecule has 9 heteroatoms. The van der Waals surface area contributed by atoms with Crippen molar-refractivity contribution in [3.05, 3.63) is 109 Å². The van der Waals surface area contributed by atoms with Crippen LogP contribution in [0.3, 0.4) is 0 Å². The van der Waals surface area contributed by atoms with Gasteiger partial charge in [0, 0.05) is 6.42 Å². The lowest BCUT2D eigenvalue weighted by Crippen LogP contribution is -2.60. The van der Waals surface area contributed by atoms with Crippen molar-refractivity contribution < 1.29 is 39.8 Å². The number of carbonyl (C=O) groups is 1. The van der Waals surface area contributed by atoms with Gasteiger partial charge in [0.2, 0.25) is 5.91 Å². The van der Waals surface area contributed by atoms with Gasteiger partial charge in [-0.25, -0.2) is 0 Å². The average Bonchev–Trinajstić information content (AvgIpc) is 3.70. The quantitative estimate of drug-likeness (QED) is 0.0261. The van der Waals surface area contributed by atoms with E-state index in [1.807, 2.05) is 0 Å². The summed E-state index contributed by atoms with van der Waals surface area (Å²) in [5.41, 5.74) is 0. The number of carbonyl (C=O) groups excluding carboxylic acids is 1. The largest absolute Gasteiger partial charge is 0.394 e. The van der Waals surface area contributed by atoms with Crippen molar-refractivity contribution in [1.29, 1.82) is 0 Å². The van der Waals surface area contributed by atoms with Gasteiger partial charge in [0.1, 0.15) is 24.4 Å². The summed E-state index contributed by atoms with van der Waals surface area (Å²) >= 11 is 0. The fourth-order valence-electron chi connectivity index (χ4n) is 10.7. The lowest BCUT2D eigenvalue weighted by Gasteiger charge is -2.40. The van der Waals surface area contributed by atoms with Crippen LogP contribution < -0.4 is 5.32 Å². The zero-order valence-corrected chi connectivity index (χ0v) is 54.1. The van der Waals surface area contributed by atoms with Gasteiger partial charge >= 0.3 is 0 Å². The zero-order valence-electron chi connectivity index (χ0n) is 54.1. The molecular weight excluding hydrogens is 1040 g/mol. The number of hydrogen-bond donors (Lipinski definition) is 6. The Labute approximate surface area is 516 Å². The second-order valence-electron chi connectivity index (χ2n) is 23.9. The number of amides is 1. The molecule has 1 aliphatic heterocycles. The van der Waals surface area contributed by atoms with Crippen molar-refractivity contribution in [3.8, 4) is 0 Å². The normalized spacial score (nSPS) is 18.9. The summed E-state index contributed by atoms with van der Waals surface area (Å²) in [7, 11) is 0. The maximum absolute atomic E-state index is 13.1. The second kappa shape index (κ2) is 62.9. The van der Waals surface area contributed by atoms with Gasteiger partial charge in [-0.15, -0.1) is 0 Å². The molecule has 0 aromatic carbocycles. The standard InChI is InChI=1S/C75H131NO8/c1-3-5-7-9-11-13-15-17-19-21-23-25-27-29-31-33-34-35-36-37-39-41-43-45-47-49-51-53-55-57-59-61-63-65-71(79)76-68(67-83-75-74(82)73(81)72(80)70(66-77)84-75)69(78)64-62-60-58-56-54-52-50-48-46-44-42-40-38-32-30-28-26-24-22-20-18-16-14-12-10-8-6-4-2/h5,7,11,13,17,19,23,25,29,31,34-35,37,39,43,45,49,51,68-70,72-75,77-78,80-82H,3-4,6,8-10,12,14-16,18,20-22,24,26-28,30,32-33,36,38,40-42,44,46-48,50,52-67H2,1-2H3,(H,76,79)/b7-5-,13-11-,19-17-,25-23-,31-29-,35-34-,39-37-,45-43-,51-49-. The van der Waals surface area contributed by atoms with E-state index in [0.29, 0.717) is 12.8 Å². The lowest BCUT2D eigenvalue weighted by atomic mass is 9.99. The van der Waals surface area contributed by atoms with Gasteiger partial charge < -0.3 is 40.3 Å². The Morgan fingerprint density at radius 3 is 1.10 bits per heavy atom. The third kappa shape index (κ3) is 50.9. The third-order valence-electron chi connectivity index (χ3n) is 16.1. The first-order chi connectivity index (χ1) is 41.3. The molecule has 0 aromatic heterocycles. The molecule has 6 N–H and O–H groups in total. The topological polar surface area (TPSA) is 149 Å². The summed E-state index contributed by atoms with van der Waals surface area (Å²) in [6.45, 7) is 3.74. The van der Waals surface area contributed by atoms with Crippen LogP contribution in [0.1, 0.15) is 303 Å². The Bertz CT molecular complexity index is 1690. The molecule has 1 fully saturated rings. The molecule has 0 radical (unpaired) electrons. The molecule has 0 saturated carbocycles. The van der Waals surface area contributed by atoms with E-state index in [2.05, 4.69) is 129 Å². The predicted molar refractivity (Wildman–Crippen MR) is 359 cm³/mol. The van der Waals surface area contributed by atoms with Crippen LogP contribution in [-0.4, -0.2) is 87.5 Å². The maximum atomic E-state index is 13.1. The molecule has 1 rings (SSSR count). The molecule has 7 unspecified atom stereocenters. The van der Waals surface area contributed by atoms with Gasteiger partial charge in [-0.3, -0.25) is 4.79 Å². The highest BCUT2D eigenvalue weighted by molar-refractivity contribution is 5.76. The second-order valence-corrected chi connectivity index (χ2v) is 23.9. The van der Waals surface area contributed by atoms with Gasteiger partial charge in [-0.2, -0.15) is 0 Å². The van der Waals surface area contributed by atoms with Gasteiger partial charge in [-0.05, 0) is 83.5 Å². The third-order valence-corrected chi connectivity index (χ3v) is 16.1. The monoisotopic (exact) mass is 1170 g/mol.